The summed E-state index contributed by atoms with van der Waals surface area (Å²) in [5.74, 6) is 3.09. The number of ether oxygens (including phenoxy) is 2. The van der Waals surface area contributed by atoms with Gasteiger partial charge in [-0.2, -0.15) is 11.8 Å². The van der Waals surface area contributed by atoms with Crippen molar-refractivity contribution in [2.75, 3.05) is 24.7 Å². The number of hydrogen-bond donors (Lipinski definition) is 1. The summed E-state index contributed by atoms with van der Waals surface area (Å²) in [6.07, 6.45) is 0.437. The fourth-order valence-electron chi connectivity index (χ4n) is 2.44. The number of rotatable bonds is 6. The summed E-state index contributed by atoms with van der Waals surface area (Å²) in [5.41, 5.74) is 1.25. The van der Waals surface area contributed by atoms with Gasteiger partial charge in [0.2, 0.25) is 0 Å². The van der Waals surface area contributed by atoms with Crippen LogP contribution in [0.2, 0.25) is 0 Å². The zero-order valence-corrected chi connectivity index (χ0v) is 13.4. The molecule has 1 saturated heterocycles. The van der Waals surface area contributed by atoms with Gasteiger partial charge in [0.25, 0.3) is 0 Å². The Morgan fingerprint density at radius 1 is 1.45 bits per heavy atom. The van der Waals surface area contributed by atoms with Crippen LogP contribution in [0.15, 0.2) is 24.3 Å². The van der Waals surface area contributed by atoms with Crippen LogP contribution >= 0.6 is 11.8 Å². The fraction of sp³-hybridized carbons (Fsp3) is 0.625. The monoisotopic (exact) mass is 295 g/mol. The summed E-state index contributed by atoms with van der Waals surface area (Å²) < 4.78 is 11.7. The molecule has 0 bridgehead atoms. The summed E-state index contributed by atoms with van der Waals surface area (Å²) >= 11 is 1.97. The maximum Gasteiger partial charge on any atom is 0.120 e. The number of thioether (sulfide) groups is 1. The van der Waals surface area contributed by atoms with Crippen molar-refractivity contribution in [3.63, 3.8) is 0 Å². The smallest absolute Gasteiger partial charge is 0.120 e. The Morgan fingerprint density at radius 3 is 2.95 bits per heavy atom. The van der Waals surface area contributed by atoms with Gasteiger partial charge in [-0.25, -0.2) is 0 Å². The van der Waals surface area contributed by atoms with Crippen LogP contribution in [-0.4, -0.2) is 36.9 Å². The minimum atomic E-state index is 0.198. The highest BCUT2D eigenvalue weighted by atomic mass is 32.2. The topological polar surface area (TPSA) is 30.5 Å². The lowest BCUT2D eigenvalue weighted by Crippen LogP contribution is -2.38. The largest absolute Gasteiger partial charge is 0.491 e. The molecule has 2 atom stereocenters. The summed E-state index contributed by atoms with van der Waals surface area (Å²) in [5, 5.41) is 3.56. The molecular weight excluding hydrogens is 270 g/mol. The van der Waals surface area contributed by atoms with E-state index in [4.69, 9.17) is 9.47 Å². The molecule has 0 spiro atoms. The Bertz CT molecular complexity index is 405. The van der Waals surface area contributed by atoms with E-state index in [1.54, 1.807) is 0 Å². The maximum absolute atomic E-state index is 5.94. The van der Waals surface area contributed by atoms with Crippen molar-refractivity contribution in [1.29, 1.82) is 0 Å². The molecule has 1 aliphatic rings. The second-order valence-electron chi connectivity index (χ2n) is 5.26. The summed E-state index contributed by atoms with van der Waals surface area (Å²) in [4.78, 5) is 0. The van der Waals surface area contributed by atoms with Crippen molar-refractivity contribution in [3.8, 4) is 5.75 Å². The molecule has 0 saturated carbocycles. The quantitative estimate of drug-likeness (QED) is 0.872. The van der Waals surface area contributed by atoms with E-state index in [-0.39, 0.29) is 18.2 Å². The highest BCUT2D eigenvalue weighted by Crippen LogP contribution is 2.28. The molecule has 3 nitrogen and oxygen atoms in total. The molecule has 1 N–H and O–H groups in total. The number of benzene rings is 1. The first kappa shape index (κ1) is 15.7. The highest BCUT2D eigenvalue weighted by Gasteiger charge is 2.25. The molecule has 20 heavy (non-hydrogen) atoms. The average Bonchev–Trinajstić information content (AvgIpc) is 2.45. The van der Waals surface area contributed by atoms with Crippen LogP contribution in [0.1, 0.15) is 32.4 Å². The molecule has 1 aromatic rings. The molecule has 1 heterocycles. The van der Waals surface area contributed by atoms with E-state index < -0.39 is 0 Å². The van der Waals surface area contributed by atoms with Gasteiger partial charge < -0.3 is 14.8 Å². The molecule has 112 valence electrons. The van der Waals surface area contributed by atoms with Crippen LogP contribution in [0.3, 0.4) is 0 Å². The summed E-state index contributed by atoms with van der Waals surface area (Å²) in [6.45, 7) is 8.02. The van der Waals surface area contributed by atoms with Gasteiger partial charge in [-0.1, -0.05) is 19.1 Å². The van der Waals surface area contributed by atoms with Crippen molar-refractivity contribution >= 4 is 11.8 Å². The Balaban J connectivity index is 2.15. The standard InChI is InChI=1S/C16H25NO2S/c1-4-17-16(15-11-20-9-8-18-15)13-6-5-7-14(10-13)19-12(2)3/h5-7,10,12,15-17H,4,8-9,11H2,1-3H3. The van der Waals surface area contributed by atoms with Gasteiger partial charge in [0.1, 0.15) is 5.75 Å². The predicted octanol–water partition coefficient (Wildman–Crippen LogP) is 3.26. The molecule has 0 aromatic heterocycles. The Hall–Kier alpha value is -0.710. The molecular formula is C16H25NO2S. The van der Waals surface area contributed by atoms with Crippen molar-refractivity contribution < 1.29 is 9.47 Å². The number of hydrogen-bond acceptors (Lipinski definition) is 4. The van der Waals surface area contributed by atoms with Crippen LogP contribution in [0, 0.1) is 0 Å². The minimum Gasteiger partial charge on any atom is -0.491 e. The first-order valence-electron chi connectivity index (χ1n) is 7.40. The van der Waals surface area contributed by atoms with Gasteiger partial charge in [0.05, 0.1) is 24.9 Å². The Labute approximate surface area is 126 Å². The third kappa shape index (κ3) is 4.40. The first-order chi connectivity index (χ1) is 9.70. The average molecular weight is 295 g/mol. The van der Waals surface area contributed by atoms with Gasteiger partial charge >= 0.3 is 0 Å². The Kier molecular flexibility index (Phi) is 6.20. The lowest BCUT2D eigenvalue weighted by atomic mass is 10.0. The van der Waals surface area contributed by atoms with Crippen LogP contribution in [-0.2, 0) is 4.74 Å². The third-order valence-electron chi connectivity index (χ3n) is 3.23. The van der Waals surface area contributed by atoms with E-state index in [9.17, 15) is 0 Å². The maximum atomic E-state index is 5.94. The summed E-state index contributed by atoms with van der Waals surface area (Å²) in [6, 6.07) is 8.61. The number of likely N-dealkylation sites (N-methyl/N-ethyl adjacent to an activating group) is 1. The van der Waals surface area contributed by atoms with Crippen LogP contribution in [0.4, 0.5) is 0 Å². The highest BCUT2D eigenvalue weighted by molar-refractivity contribution is 7.99. The molecule has 1 aromatic carbocycles. The van der Waals surface area contributed by atoms with Crippen LogP contribution in [0.5, 0.6) is 5.75 Å². The van der Waals surface area contributed by atoms with Crippen molar-refractivity contribution in [2.45, 2.75) is 39.0 Å². The van der Waals surface area contributed by atoms with E-state index >= 15 is 0 Å². The molecule has 2 rings (SSSR count). The first-order valence-corrected chi connectivity index (χ1v) is 8.55. The van der Waals surface area contributed by atoms with Gasteiger partial charge in [-0.05, 0) is 38.1 Å². The lowest BCUT2D eigenvalue weighted by Gasteiger charge is -2.31. The minimum absolute atomic E-state index is 0.198. The van der Waals surface area contributed by atoms with Crippen LogP contribution < -0.4 is 10.1 Å². The van der Waals surface area contributed by atoms with Crippen molar-refractivity contribution in [2.24, 2.45) is 0 Å². The molecule has 2 unspecified atom stereocenters. The normalized spacial score (nSPS) is 20.9. The predicted molar refractivity (Wildman–Crippen MR) is 85.7 cm³/mol. The Morgan fingerprint density at radius 2 is 2.30 bits per heavy atom. The molecule has 1 aliphatic heterocycles. The van der Waals surface area contributed by atoms with Gasteiger partial charge in [-0.15, -0.1) is 0 Å². The second kappa shape index (κ2) is 7.91. The molecule has 0 amide bonds. The van der Waals surface area contributed by atoms with E-state index in [1.807, 2.05) is 17.8 Å². The van der Waals surface area contributed by atoms with Crippen LogP contribution in [0.25, 0.3) is 0 Å². The van der Waals surface area contributed by atoms with E-state index in [2.05, 4.69) is 44.3 Å². The molecule has 4 heteroatoms. The van der Waals surface area contributed by atoms with Crippen molar-refractivity contribution in [3.05, 3.63) is 29.8 Å². The van der Waals surface area contributed by atoms with E-state index in [0.29, 0.717) is 0 Å². The third-order valence-corrected chi connectivity index (χ3v) is 4.25. The fourth-order valence-corrected chi connectivity index (χ4v) is 3.34. The van der Waals surface area contributed by atoms with E-state index in [0.717, 1.165) is 30.4 Å². The van der Waals surface area contributed by atoms with Gasteiger partial charge in [0, 0.05) is 11.5 Å². The molecule has 0 aliphatic carbocycles. The zero-order valence-electron chi connectivity index (χ0n) is 12.6. The van der Waals surface area contributed by atoms with Gasteiger partial charge in [-0.3, -0.25) is 0 Å². The van der Waals surface area contributed by atoms with E-state index in [1.165, 1.54) is 5.56 Å². The molecule has 1 fully saturated rings. The SMILES string of the molecule is CCNC(c1cccc(OC(C)C)c1)C1CSCCO1. The zero-order chi connectivity index (χ0) is 14.4. The van der Waals surface area contributed by atoms with Crippen molar-refractivity contribution in [1.82, 2.24) is 5.32 Å². The number of nitrogens with one attached hydrogen (secondary N) is 1. The molecule has 0 radical (unpaired) electrons. The summed E-state index contributed by atoms with van der Waals surface area (Å²) in [7, 11) is 0. The lowest BCUT2D eigenvalue weighted by molar-refractivity contribution is 0.0471. The van der Waals surface area contributed by atoms with Gasteiger partial charge in [0.15, 0.2) is 0 Å². The second-order valence-corrected chi connectivity index (χ2v) is 6.41.